The molecule has 1 amide bonds. The van der Waals surface area contributed by atoms with Crippen molar-refractivity contribution in [1.29, 1.82) is 0 Å². The molecule has 3 rings (SSSR count). The van der Waals surface area contributed by atoms with Crippen LogP contribution in [0, 0.1) is 5.82 Å². The summed E-state index contributed by atoms with van der Waals surface area (Å²) >= 11 is 0. The quantitative estimate of drug-likeness (QED) is 0.835. The van der Waals surface area contributed by atoms with Gasteiger partial charge < -0.3 is 14.7 Å². The predicted molar refractivity (Wildman–Crippen MR) is 89.0 cm³/mol. The minimum absolute atomic E-state index is 0.0457. The lowest BCUT2D eigenvalue weighted by Crippen LogP contribution is -2.37. The first-order valence-corrected chi connectivity index (χ1v) is 8.16. The highest BCUT2D eigenvalue weighted by Crippen LogP contribution is 2.40. The first kappa shape index (κ1) is 18.1. The summed E-state index contributed by atoms with van der Waals surface area (Å²) in [5.74, 6) is -1.43. The minimum Gasteiger partial charge on any atom is -0.489 e. The number of ether oxygens (including phenoxy) is 1. The van der Waals surface area contributed by atoms with E-state index in [1.165, 1.54) is 0 Å². The maximum atomic E-state index is 14.6. The normalized spacial score (nSPS) is 16.5. The Hall–Kier alpha value is -2.70. The van der Waals surface area contributed by atoms with Gasteiger partial charge in [0.15, 0.2) is 0 Å². The molecule has 26 heavy (non-hydrogen) atoms. The molecule has 1 heterocycles. The molecule has 1 aliphatic rings. The Morgan fingerprint density at radius 1 is 1.35 bits per heavy atom. The summed E-state index contributed by atoms with van der Waals surface area (Å²) in [6.07, 6.45) is -4.13. The Kier molecular flexibility index (Phi) is 5.06. The maximum absolute atomic E-state index is 14.6. The number of hydrogen-bond donors (Lipinski definition) is 1. The molecule has 0 aliphatic carbocycles. The summed E-state index contributed by atoms with van der Waals surface area (Å²) in [7, 11) is 0. The standard InChI is InChI=1S/C19H18F3NO3/c1-11-8-23(19(24)25)9-14-15(26-10-12-5-3-2-4-6-12)7-13(18(21)22)17(20)16(11)14/h2-7,11,18H,8-10H2,1H3,(H,24,25). The van der Waals surface area contributed by atoms with E-state index in [4.69, 9.17) is 4.74 Å². The van der Waals surface area contributed by atoms with Gasteiger partial charge in [-0.25, -0.2) is 18.0 Å². The van der Waals surface area contributed by atoms with Gasteiger partial charge >= 0.3 is 6.09 Å². The van der Waals surface area contributed by atoms with E-state index in [9.17, 15) is 23.1 Å². The number of hydrogen-bond acceptors (Lipinski definition) is 2. The molecule has 2 aromatic rings. The summed E-state index contributed by atoms with van der Waals surface area (Å²) in [6, 6.07) is 10.1. The molecular formula is C19H18F3NO3. The number of benzene rings is 2. The highest BCUT2D eigenvalue weighted by molar-refractivity contribution is 5.66. The van der Waals surface area contributed by atoms with Crippen LogP contribution in [0.1, 0.15) is 41.5 Å². The fourth-order valence-corrected chi connectivity index (χ4v) is 3.24. The lowest BCUT2D eigenvalue weighted by molar-refractivity contribution is 0.131. The van der Waals surface area contributed by atoms with Gasteiger partial charge in [-0.15, -0.1) is 0 Å². The van der Waals surface area contributed by atoms with Crippen molar-refractivity contribution in [2.24, 2.45) is 0 Å². The SMILES string of the molecule is CC1CN(C(=O)O)Cc2c(OCc3ccccc3)cc(C(F)F)c(F)c21. The van der Waals surface area contributed by atoms with Crippen molar-refractivity contribution >= 4 is 6.09 Å². The number of carbonyl (C=O) groups is 1. The second kappa shape index (κ2) is 7.27. The molecule has 1 unspecified atom stereocenters. The van der Waals surface area contributed by atoms with E-state index in [1.54, 1.807) is 6.92 Å². The van der Waals surface area contributed by atoms with Crippen molar-refractivity contribution in [2.75, 3.05) is 6.54 Å². The van der Waals surface area contributed by atoms with E-state index in [2.05, 4.69) is 0 Å². The van der Waals surface area contributed by atoms with Crippen molar-refractivity contribution in [3.8, 4) is 5.75 Å². The summed E-state index contributed by atoms with van der Waals surface area (Å²) < 4.78 is 46.9. The van der Waals surface area contributed by atoms with Crippen LogP contribution in [-0.2, 0) is 13.2 Å². The van der Waals surface area contributed by atoms with Gasteiger partial charge in [-0.2, -0.15) is 0 Å². The topological polar surface area (TPSA) is 49.8 Å². The van der Waals surface area contributed by atoms with E-state index in [-0.39, 0.29) is 31.0 Å². The number of halogens is 3. The van der Waals surface area contributed by atoms with E-state index in [0.29, 0.717) is 5.56 Å². The van der Waals surface area contributed by atoms with Gasteiger partial charge in [0, 0.05) is 23.6 Å². The molecule has 4 nitrogen and oxygen atoms in total. The van der Waals surface area contributed by atoms with Gasteiger partial charge in [-0.05, 0) is 11.6 Å². The Morgan fingerprint density at radius 2 is 2.04 bits per heavy atom. The van der Waals surface area contributed by atoms with Gasteiger partial charge in [-0.1, -0.05) is 37.3 Å². The van der Waals surface area contributed by atoms with Crippen molar-refractivity contribution in [3.05, 3.63) is 64.5 Å². The number of fused-ring (bicyclic) bond motifs is 1. The summed E-state index contributed by atoms with van der Waals surface area (Å²) in [4.78, 5) is 12.5. The largest absolute Gasteiger partial charge is 0.489 e. The van der Waals surface area contributed by atoms with Crippen LogP contribution in [0.15, 0.2) is 36.4 Å². The van der Waals surface area contributed by atoms with Gasteiger partial charge in [-0.3, -0.25) is 0 Å². The van der Waals surface area contributed by atoms with Crippen LogP contribution in [0.25, 0.3) is 0 Å². The monoisotopic (exact) mass is 365 g/mol. The molecule has 0 saturated carbocycles. The molecule has 1 atom stereocenters. The highest BCUT2D eigenvalue weighted by atomic mass is 19.3. The highest BCUT2D eigenvalue weighted by Gasteiger charge is 2.33. The molecule has 1 N–H and O–H groups in total. The Balaban J connectivity index is 2.03. The number of amides is 1. The second-order valence-corrected chi connectivity index (χ2v) is 6.31. The summed E-state index contributed by atoms with van der Waals surface area (Å²) in [5.41, 5.74) is 0.526. The first-order chi connectivity index (χ1) is 12.4. The van der Waals surface area contributed by atoms with Crippen LogP contribution in [0.2, 0.25) is 0 Å². The third kappa shape index (κ3) is 3.47. The zero-order chi connectivity index (χ0) is 18.8. The third-order valence-corrected chi connectivity index (χ3v) is 4.48. The Labute approximate surface area is 148 Å². The van der Waals surface area contributed by atoms with Crippen molar-refractivity contribution < 1.29 is 27.8 Å². The lowest BCUT2D eigenvalue weighted by Gasteiger charge is -2.33. The van der Waals surface area contributed by atoms with Crippen LogP contribution in [-0.4, -0.2) is 22.6 Å². The lowest BCUT2D eigenvalue weighted by atomic mass is 9.88. The summed E-state index contributed by atoms with van der Waals surface area (Å²) in [5, 5.41) is 9.26. The molecule has 0 saturated heterocycles. The number of nitrogens with zero attached hydrogens (tertiary/aromatic N) is 1. The average molecular weight is 365 g/mol. The smallest absolute Gasteiger partial charge is 0.407 e. The number of carboxylic acid groups (broad SMARTS) is 1. The molecule has 138 valence electrons. The average Bonchev–Trinajstić information content (AvgIpc) is 2.61. The zero-order valence-electron chi connectivity index (χ0n) is 14.1. The molecule has 2 aromatic carbocycles. The predicted octanol–water partition coefficient (Wildman–Crippen LogP) is 4.94. The van der Waals surface area contributed by atoms with Crippen LogP contribution in [0.3, 0.4) is 0 Å². The maximum Gasteiger partial charge on any atom is 0.407 e. The fraction of sp³-hybridized carbons (Fsp3) is 0.316. The molecule has 0 spiro atoms. The Bertz CT molecular complexity index is 811. The van der Waals surface area contributed by atoms with Gasteiger partial charge in [0.1, 0.15) is 18.2 Å². The van der Waals surface area contributed by atoms with Gasteiger partial charge in [0.25, 0.3) is 6.43 Å². The third-order valence-electron chi connectivity index (χ3n) is 4.48. The number of rotatable bonds is 4. The molecule has 1 aliphatic heterocycles. The molecule has 0 bridgehead atoms. The number of alkyl halides is 2. The fourth-order valence-electron chi connectivity index (χ4n) is 3.24. The molecule has 0 fully saturated rings. The molecular weight excluding hydrogens is 347 g/mol. The van der Waals surface area contributed by atoms with E-state index >= 15 is 0 Å². The molecule has 0 radical (unpaired) electrons. The van der Waals surface area contributed by atoms with E-state index in [0.717, 1.165) is 16.5 Å². The van der Waals surface area contributed by atoms with Gasteiger partial charge in [0.05, 0.1) is 12.1 Å². The zero-order valence-corrected chi connectivity index (χ0v) is 14.1. The van der Waals surface area contributed by atoms with Crippen LogP contribution in [0.5, 0.6) is 5.75 Å². The van der Waals surface area contributed by atoms with Crippen molar-refractivity contribution in [1.82, 2.24) is 4.90 Å². The minimum atomic E-state index is -2.98. The Morgan fingerprint density at radius 3 is 2.65 bits per heavy atom. The van der Waals surface area contributed by atoms with Gasteiger partial charge in [0.2, 0.25) is 0 Å². The van der Waals surface area contributed by atoms with E-state index in [1.807, 2.05) is 30.3 Å². The van der Waals surface area contributed by atoms with Crippen molar-refractivity contribution in [3.63, 3.8) is 0 Å². The van der Waals surface area contributed by atoms with Crippen LogP contribution < -0.4 is 4.74 Å². The second-order valence-electron chi connectivity index (χ2n) is 6.31. The summed E-state index contributed by atoms with van der Waals surface area (Å²) in [6.45, 7) is 1.68. The van der Waals surface area contributed by atoms with Crippen LogP contribution >= 0.6 is 0 Å². The van der Waals surface area contributed by atoms with E-state index < -0.39 is 29.8 Å². The van der Waals surface area contributed by atoms with Crippen molar-refractivity contribution in [2.45, 2.75) is 32.4 Å². The van der Waals surface area contributed by atoms with Crippen LogP contribution in [0.4, 0.5) is 18.0 Å². The first-order valence-electron chi connectivity index (χ1n) is 8.16. The molecule has 0 aromatic heterocycles. The molecule has 7 heteroatoms.